The summed E-state index contributed by atoms with van der Waals surface area (Å²) in [6, 6.07) is 54.1. The molecule has 1 aliphatic heterocycles. The van der Waals surface area contributed by atoms with Gasteiger partial charge in [0.2, 0.25) is 0 Å². The van der Waals surface area contributed by atoms with Crippen molar-refractivity contribution < 1.29 is 4.42 Å². The smallest absolute Gasteiger partial charge is 0.143 e. The summed E-state index contributed by atoms with van der Waals surface area (Å²) in [5.41, 5.74) is 7.32. The zero-order chi connectivity index (χ0) is 33.5. The normalized spacial score (nSPS) is 16.4. The van der Waals surface area contributed by atoms with Gasteiger partial charge in [0, 0.05) is 73.4 Å². The molecule has 0 saturated carbocycles. The molecule has 51 heavy (non-hydrogen) atoms. The molecule has 0 bridgehead atoms. The predicted molar refractivity (Wildman–Crippen MR) is 216 cm³/mol. The first-order valence-corrected chi connectivity index (χ1v) is 18.8. The number of furan rings is 1. The fourth-order valence-corrected chi connectivity index (χ4v) is 10.2. The van der Waals surface area contributed by atoms with E-state index < -0.39 is 0 Å². The van der Waals surface area contributed by atoms with Crippen LogP contribution in [0.5, 0.6) is 0 Å². The zero-order valence-electron chi connectivity index (χ0n) is 27.3. The molecule has 10 aromatic rings. The molecule has 2 N–H and O–H groups in total. The van der Waals surface area contributed by atoms with Crippen molar-refractivity contribution in [1.29, 1.82) is 0 Å². The summed E-state index contributed by atoms with van der Waals surface area (Å²) in [5, 5.41) is 15.0. The molecule has 3 aromatic heterocycles. The molecular weight excluding hydrogens is 663 g/mol. The molecule has 7 aromatic carbocycles. The van der Waals surface area contributed by atoms with E-state index in [1.165, 1.54) is 45.9 Å². The van der Waals surface area contributed by atoms with Gasteiger partial charge in [0.05, 0.1) is 0 Å². The number of rotatable bonds is 4. The van der Waals surface area contributed by atoms with E-state index in [-0.39, 0.29) is 12.3 Å². The summed E-state index contributed by atoms with van der Waals surface area (Å²) < 4.78 is 12.1. The molecule has 0 aliphatic carbocycles. The van der Waals surface area contributed by atoms with Gasteiger partial charge in [-0.3, -0.25) is 5.32 Å². The first kappa shape index (κ1) is 29.0. The average Bonchev–Trinajstić information content (AvgIpc) is 3.89. The molecule has 0 radical (unpaired) electrons. The Balaban J connectivity index is 1.06. The van der Waals surface area contributed by atoms with Gasteiger partial charge in [-0.25, -0.2) is 4.99 Å². The van der Waals surface area contributed by atoms with Gasteiger partial charge in [-0.1, -0.05) is 133 Å². The number of hydrogen-bond acceptors (Lipinski definition) is 6. The number of thiophene rings is 2. The van der Waals surface area contributed by atoms with E-state index in [0.29, 0.717) is 0 Å². The first-order chi connectivity index (χ1) is 25.3. The number of para-hydroxylation sites is 2. The lowest BCUT2D eigenvalue weighted by molar-refractivity contribution is 0.408. The van der Waals surface area contributed by atoms with Crippen molar-refractivity contribution in [3.8, 4) is 11.1 Å². The van der Waals surface area contributed by atoms with Crippen LogP contribution in [0.3, 0.4) is 0 Å². The van der Waals surface area contributed by atoms with Gasteiger partial charge in [-0.15, -0.1) is 22.7 Å². The van der Waals surface area contributed by atoms with Crippen LogP contribution >= 0.6 is 22.7 Å². The summed E-state index contributed by atoms with van der Waals surface area (Å²) in [7, 11) is 0. The number of benzene rings is 7. The molecule has 2 atom stereocenters. The highest BCUT2D eigenvalue weighted by atomic mass is 32.1. The maximum absolute atomic E-state index is 7.01. The molecule has 0 saturated heterocycles. The van der Waals surface area contributed by atoms with Crippen LogP contribution in [-0.4, -0.2) is 5.84 Å². The number of hydrogen-bond donors (Lipinski definition) is 2. The molecule has 0 amide bonds. The third-order valence-corrected chi connectivity index (χ3v) is 12.5. The molecule has 4 heterocycles. The molecule has 11 rings (SSSR count). The summed E-state index contributed by atoms with van der Waals surface area (Å²) in [6.45, 7) is 0. The van der Waals surface area contributed by atoms with Crippen LogP contribution in [0.4, 0.5) is 0 Å². The van der Waals surface area contributed by atoms with Crippen LogP contribution in [0, 0.1) is 0 Å². The van der Waals surface area contributed by atoms with Crippen molar-refractivity contribution in [3.05, 3.63) is 168 Å². The second-order valence-electron chi connectivity index (χ2n) is 13.1. The molecule has 0 fully saturated rings. The molecule has 4 nitrogen and oxygen atoms in total. The number of nitrogens with one attached hydrogen (secondary N) is 2. The van der Waals surface area contributed by atoms with Crippen LogP contribution in [-0.2, 0) is 0 Å². The zero-order valence-corrected chi connectivity index (χ0v) is 28.9. The highest BCUT2D eigenvalue weighted by molar-refractivity contribution is 7.26. The lowest BCUT2D eigenvalue weighted by atomic mass is 9.99. The van der Waals surface area contributed by atoms with Crippen molar-refractivity contribution in [2.24, 2.45) is 4.99 Å². The Kier molecular flexibility index (Phi) is 6.46. The Morgan fingerprint density at radius 2 is 1.16 bits per heavy atom. The Labute approximate surface area is 301 Å². The number of aliphatic imine (C=N–C) groups is 1. The highest BCUT2D eigenvalue weighted by Gasteiger charge is 2.29. The molecule has 2 unspecified atom stereocenters. The fourth-order valence-electron chi connectivity index (χ4n) is 7.79. The molecular formula is C45H29N3OS2. The maximum atomic E-state index is 7.01. The number of fused-ring (bicyclic) bond motifs is 9. The van der Waals surface area contributed by atoms with Gasteiger partial charge < -0.3 is 9.73 Å². The van der Waals surface area contributed by atoms with E-state index in [1.54, 1.807) is 0 Å². The third-order valence-electron chi connectivity index (χ3n) is 10.2. The minimum Gasteiger partial charge on any atom is -0.455 e. The monoisotopic (exact) mass is 691 g/mol. The Hall–Kier alpha value is -5.79. The fraction of sp³-hybridized carbons (Fsp3) is 0.0444. The van der Waals surface area contributed by atoms with Crippen LogP contribution in [0.15, 0.2) is 161 Å². The first-order valence-electron chi connectivity index (χ1n) is 17.2. The largest absolute Gasteiger partial charge is 0.455 e. The average molecular weight is 692 g/mol. The Morgan fingerprint density at radius 1 is 0.510 bits per heavy atom. The SMILES string of the molecule is c1ccc(C2=NC(c3ccc4c(c3)sc3ccccc34)NC(c3cccc4c3oc3c(-c5cccc6c5sc5ccccc56)cccc34)N2)cc1. The molecule has 1 aliphatic rings. The minimum atomic E-state index is -0.262. The van der Waals surface area contributed by atoms with Gasteiger partial charge in [0.1, 0.15) is 29.3 Å². The summed E-state index contributed by atoms with van der Waals surface area (Å²) in [5.74, 6) is 0.853. The number of nitrogens with zero attached hydrogens (tertiary/aromatic N) is 1. The van der Waals surface area contributed by atoms with Crippen molar-refractivity contribution in [2.75, 3.05) is 0 Å². The third kappa shape index (κ3) is 4.58. The minimum absolute atomic E-state index is 0.250. The van der Waals surface area contributed by atoms with Crippen LogP contribution in [0.1, 0.15) is 29.0 Å². The summed E-state index contributed by atoms with van der Waals surface area (Å²) in [6.07, 6.45) is -0.513. The number of amidine groups is 1. The van der Waals surface area contributed by atoms with Crippen LogP contribution < -0.4 is 10.6 Å². The lowest BCUT2D eigenvalue weighted by Gasteiger charge is -2.32. The van der Waals surface area contributed by atoms with E-state index in [4.69, 9.17) is 9.41 Å². The summed E-state index contributed by atoms with van der Waals surface area (Å²) in [4.78, 5) is 5.25. The van der Waals surface area contributed by atoms with Crippen LogP contribution in [0.25, 0.3) is 73.4 Å². The highest BCUT2D eigenvalue weighted by Crippen LogP contribution is 2.44. The topological polar surface area (TPSA) is 49.6 Å². The van der Waals surface area contributed by atoms with Gasteiger partial charge >= 0.3 is 0 Å². The molecule has 242 valence electrons. The van der Waals surface area contributed by atoms with Crippen LogP contribution in [0.2, 0.25) is 0 Å². The summed E-state index contributed by atoms with van der Waals surface area (Å²) >= 11 is 3.68. The van der Waals surface area contributed by atoms with Gasteiger partial charge in [-0.2, -0.15) is 0 Å². The Bertz CT molecular complexity index is 3010. The van der Waals surface area contributed by atoms with Crippen molar-refractivity contribution in [2.45, 2.75) is 12.3 Å². The standard InChI is InChI=1S/C45H29N3OS2/c1-2-11-26(12-3-1)43-46-44(27-23-24-30-28-13-4-6-21-37(28)50-39(30)25-27)48-45(47-43)36-20-9-16-32-31-15-8-17-33(40(31)49-41(32)36)35-19-10-18-34-29-14-5-7-22-38(29)51-42(34)35/h1-25,44-45,48H,(H,46,47). The van der Waals surface area contributed by atoms with E-state index >= 15 is 0 Å². The van der Waals surface area contributed by atoms with Gasteiger partial charge in [-0.05, 0) is 23.8 Å². The second kappa shape index (κ2) is 11.4. The van der Waals surface area contributed by atoms with Crippen molar-refractivity contribution >= 4 is 90.8 Å². The second-order valence-corrected chi connectivity index (χ2v) is 15.3. The van der Waals surface area contributed by atoms with Gasteiger partial charge in [0.15, 0.2) is 0 Å². The molecule has 6 heteroatoms. The van der Waals surface area contributed by atoms with Gasteiger partial charge in [0.25, 0.3) is 0 Å². The van der Waals surface area contributed by atoms with E-state index in [2.05, 4.69) is 156 Å². The van der Waals surface area contributed by atoms with E-state index in [0.717, 1.165) is 50.0 Å². The quantitative estimate of drug-likeness (QED) is 0.193. The van der Waals surface area contributed by atoms with Crippen molar-refractivity contribution in [3.63, 3.8) is 0 Å². The van der Waals surface area contributed by atoms with E-state index in [1.807, 2.05) is 28.7 Å². The molecule has 0 spiro atoms. The van der Waals surface area contributed by atoms with E-state index in [9.17, 15) is 0 Å². The predicted octanol–water partition coefficient (Wildman–Crippen LogP) is 12.3. The maximum Gasteiger partial charge on any atom is 0.143 e. The lowest BCUT2D eigenvalue weighted by Crippen LogP contribution is -2.45. The Morgan fingerprint density at radius 3 is 2.00 bits per heavy atom. The van der Waals surface area contributed by atoms with Crippen molar-refractivity contribution in [1.82, 2.24) is 10.6 Å².